The molecule has 16 heteroatoms. The van der Waals surface area contributed by atoms with Crippen LogP contribution in [0.25, 0.3) is 21.8 Å². The Balaban J connectivity index is 0.754. The number of aromatic amines is 2. The van der Waals surface area contributed by atoms with Gasteiger partial charge in [-0.05, 0) is 89.4 Å². The lowest BCUT2D eigenvalue weighted by Gasteiger charge is -2.30. The highest BCUT2D eigenvalue weighted by molar-refractivity contribution is 7.99. The van der Waals surface area contributed by atoms with Gasteiger partial charge in [0.1, 0.15) is 45.6 Å². The van der Waals surface area contributed by atoms with Gasteiger partial charge in [-0.15, -0.1) is 0 Å². The molecule has 2 aromatic carbocycles. The fourth-order valence-electron chi connectivity index (χ4n) is 8.32. The van der Waals surface area contributed by atoms with Gasteiger partial charge in [0.25, 0.3) is 11.1 Å². The van der Waals surface area contributed by atoms with Crippen LogP contribution < -0.4 is 25.9 Å². The summed E-state index contributed by atoms with van der Waals surface area (Å²) >= 11 is 3.48. The van der Waals surface area contributed by atoms with Gasteiger partial charge in [-0.25, -0.2) is 18.7 Å². The minimum absolute atomic E-state index is 0.0405. The van der Waals surface area contributed by atoms with Crippen molar-refractivity contribution >= 4 is 45.3 Å². The van der Waals surface area contributed by atoms with Crippen molar-refractivity contribution in [1.82, 2.24) is 30.2 Å². The molecule has 0 amide bonds. The van der Waals surface area contributed by atoms with Gasteiger partial charge in [0.15, 0.2) is 0 Å². The molecule has 0 radical (unpaired) electrons. The molecule has 4 aromatic rings. The second kappa shape index (κ2) is 20.9. The Morgan fingerprint density at radius 2 is 1.30 bits per heavy atom. The third-order valence-corrected chi connectivity index (χ3v) is 14.6. The Morgan fingerprint density at radius 3 is 1.92 bits per heavy atom. The molecule has 0 saturated carbocycles. The Labute approximate surface area is 357 Å². The van der Waals surface area contributed by atoms with Gasteiger partial charge < -0.3 is 34.2 Å². The van der Waals surface area contributed by atoms with Crippen molar-refractivity contribution in [3.8, 4) is 23.3 Å². The van der Waals surface area contributed by atoms with Gasteiger partial charge in [0.05, 0.1) is 48.4 Å². The van der Waals surface area contributed by atoms with Gasteiger partial charge in [-0.3, -0.25) is 14.5 Å². The minimum Gasteiger partial charge on any atom is -0.493 e. The van der Waals surface area contributed by atoms with Crippen LogP contribution in [0.2, 0.25) is 0 Å². The van der Waals surface area contributed by atoms with E-state index in [9.17, 15) is 14.0 Å². The van der Waals surface area contributed by atoms with Crippen LogP contribution in [-0.4, -0.2) is 107 Å². The van der Waals surface area contributed by atoms with Gasteiger partial charge in [-0.1, -0.05) is 11.8 Å². The summed E-state index contributed by atoms with van der Waals surface area (Å²) in [5, 5.41) is 4.05. The van der Waals surface area contributed by atoms with Crippen LogP contribution in [0.4, 0.5) is 8.78 Å². The zero-order chi connectivity index (χ0) is 41.3. The first kappa shape index (κ1) is 42.9. The smallest absolute Gasteiger partial charge is 0.261 e. The molecule has 4 fully saturated rings. The Bertz CT molecular complexity index is 2270. The quantitative estimate of drug-likeness (QED) is 0.124. The van der Waals surface area contributed by atoms with Crippen LogP contribution in [0.1, 0.15) is 69.4 Å². The van der Waals surface area contributed by atoms with E-state index in [-0.39, 0.29) is 16.9 Å². The predicted molar refractivity (Wildman–Crippen MR) is 232 cm³/mol. The molecule has 4 aliphatic heterocycles. The van der Waals surface area contributed by atoms with Crippen molar-refractivity contribution in [3.05, 3.63) is 68.3 Å². The number of hydrogen-bond acceptors (Lipinski definition) is 12. The van der Waals surface area contributed by atoms with Crippen molar-refractivity contribution < 1.29 is 27.7 Å². The number of thioether (sulfide) groups is 2. The highest BCUT2D eigenvalue weighted by Crippen LogP contribution is 2.30. The van der Waals surface area contributed by atoms with Crippen molar-refractivity contribution in [3.63, 3.8) is 0 Å². The SMILES string of the molecule is O=c1[nH]c(CSC2CCOCC2)nc2cc(OCC3CCN(CC#CCC4CC(SCc5nc6cc(OCC7CCNCC7)cc(F)c6c(=O)[nH]5)CCO4)CC3)cc(F)c12. The molecule has 2 atom stereocenters. The summed E-state index contributed by atoms with van der Waals surface area (Å²) in [7, 11) is 0. The molecule has 3 N–H and O–H groups in total. The maximum Gasteiger partial charge on any atom is 0.261 e. The molecule has 60 heavy (non-hydrogen) atoms. The number of H-pyrrole nitrogens is 2. The first-order valence-electron chi connectivity index (χ1n) is 21.3. The van der Waals surface area contributed by atoms with Crippen molar-refractivity contribution in [1.29, 1.82) is 0 Å². The average molecular weight is 865 g/mol. The molecule has 2 aromatic heterocycles. The lowest BCUT2D eigenvalue weighted by atomic mass is 9.98. The standard InChI is InChI=1S/C44H54F2N6O6S2/c45-35-20-31(57-24-28-4-11-47-12-5-28)22-38-42(35)44(54)51-40(49-38)27-60-34-10-18-56-30(19-34)3-1-2-13-52-14-6-29(7-15-52)25-58-32-21-36(46)41-37(23-32)48-39(50-43(41)53)26-59-33-8-16-55-17-9-33/h20-23,28-30,33-34,47H,3-19,24-27H2,(H,48,50,53)(H,49,51,54). The minimum atomic E-state index is -0.626. The van der Waals surface area contributed by atoms with Gasteiger partial charge >= 0.3 is 0 Å². The number of halogens is 2. The number of likely N-dealkylation sites (tertiary alicyclic amines) is 1. The normalized spacial score (nSPS) is 21.2. The Kier molecular flexibility index (Phi) is 15.0. The van der Waals surface area contributed by atoms with E-state index in [0.29, 0.717) is 101 Å². The number of fused-ring (bicyclic) bond motifs is 2. The van der Waals surface area contributed by atoms with Gasteiger partial charge in [0.2, 0.25) is 0 Å². The molecule has 4 saturated heterocycles. The van der Waals surface area contributed by atoms with Gasteiger partial charge in [-0.2, -0.15) is 23.5 Å². The van der Waals surface area contributed by atoms with E-state index in [1.165, 1.54) is 12.1 Å². The molecule has 0 aliphatic carbocycles. The number of aromatic nitrogens is 4. The Hall–Kier alpha value is -3.72. The number of nitrogens with zero attached hydrogens (tertiary/aromatic N) is 3. The zero-order valence-corrected chi connectivity index (χ0v) is 35.5. The van der Waals surface area contributed by atoms with Crippen molar-refractivity contribution in [2.45, 2.75) is 85.9 Å². The summed E-state index contributed by atoms with van der Waals surface area (Å²) in [6.45, 7) is 7.57. The second-order valence-corrected chi connectivity index (χ2v) is 18.9. The van der Waals surface area contributed by atoms with Crippen LogP contribution in [0, 0.1) is 35.3 Å². The number of ether oxygens (including phenoxy) is 4. The van der Waals surface area contributed by atoms with E-state index in [1.807, 2.05) is 0 Å². The van der Waals surface area contributed by atoms with Crippen LogP contribution in [0.5, 0.6) is 11.5 Å². The van der Waals surface area contributed by atoms with Crippen molar-refractivity contribution in [2.24, 2.45) is 11.8 Å². The number of benzene rings is 2. The number of hydrogen-bond donors (Lipinski definition) is 3. The fraction of sp³-hybridized carbons (Fsp3) is 0.591. The first-order chi connectivity index (χ1) is 29.3. The third-order valence-electron chi connectivity index (χ3n) is 11.9. The summed E-state index contributed by atoms with van der Waals surface area (Å²) < 4.78 is 53.5. The summed E-state index contributed by atoms with van der Waals surface area (Å²) in [6.07, 6.45) is 8.36. The number of rotatable bonds is 14. The molecular formula is C44H54F2N6O6S2. The lowest BCUT2D eigenvalue weighted by Crippen LogP contribution is -2.35. The molecule has 8 rings (SSSR count). The van der Waals surface area contributed by atoms with Crippen molar-refractivity contribution in [2.75, 3.05) is 65.8 Å². The maximum atomic E-state index is 15.0. The zero-order valence-electron chi connectivity index (χ0n) is 33.9. The topological polar surface area (TPSA) is 144 Å². The number of piperidine rings is 2. The first-order valence-corrected chi connectivity index (χ1v) is 23.4. The number of nitrogens with one attached hydrogen (secondary N) is 3. The van der Waals surface area contributed by atoms with E-state index >= 15 is 4.39 Å². The molecule has 322 valence electrons. The molecule has 0 spiro atoms. The average Bonchev–Trinajstić information content (AvgIpc) is 3.26. The monoisotopic (exact) mass is 864 g/mol. The fourth-order valence-corrected chi connectivity index (χ4v) is 10.5. The summed E-state index contributed by atoms with van der Waals surface area (Å²) in [6, 6.07) is 5.91. The summed E-state index contributed by atoms with van der Waals surface area (Å²) in [4.78, 5) is 42.7. The van der Waals surface area contributed by atoms with E-state index < -0.39 is 22.8 Å². The highest BCUT2D eigenvalue weighted by atomic mass is 32.2. The van der Waals surface area contributed by atoms with E-state index in [4.69, 9.17) is 18.9 Å². The van der Waals surface area contributed by atoms with E-state index in [1.54, 1.807) is 35.7 Å². The third kappa shape index (κ3) is 11.6. The van der Waals surface area contributed by atoms with Gasteiger partial charge in [0, 0.05) is 61.0 Å². The van der Waals surface area contributed by atoms with E-state index in [2.05, 4.69) is 42.0 Å². The molecule has 6 heterocycles. The largest absolute Gasteiger partial charge is 0.493 e. The second-order valence-electron chi connectivity index (χ2n) is 16.3. The van der Waals surface area contributed by atoms with Crippen LogP contribution in [0.3, 0.4) is 0 Å². The van der Waals surface area contributed by atoms with E-state index in [0.717, 1.165) is 90.8 Å². The molecule has 0 bridgehead atoms. The molecule has 12 nitrogen and oxygen atoms in total. The Morgan fingerprint density at radius 1 is 0.733 bits per heavy atom. The maximum absolute atomic E-state index is 15.0. The van der Waals surface area contributed by atoms with Crippen LogP contribution >= 0.6 is 23.5 Å². The molecule has 2 unspecified atom stereocenters. The lowest BCUT2D eigenvalue weighted by molar-refractivity contribution is 0.0225. The summed E-state index contributed by atoms with van der Waals surface area (Å²) in [5.41, 5.74) is -0.316. The van der Waals surface area contributed by atoms with Crippen LogP contribution in [0.15, 0.2) is 33.9 Å². The highest BCUT2D eigenvalue weighted by Gasteiger charge is 2.24. The predicted octanol–water partition coefficient (Wildman–Crippen LogP) is 6.19. The van der Waals surface area contributed by atoms with Crippen LogP contribution in [-0.2, 0) is 21.0 Å². The summed E-state index contributed by atoms with van der Waals surface area (Å²) in [5.74, 6) is 9.11. The molecular weight excluding hydrogens is 811 g/mol. The molecule has 4 aliphatic rings.